The fourth-order valence-corrected chi connectivity index (χ4v) is 1.56. The summed E-state index contributed by atoms with van der Waals surface area (Å²) in [5.41, 5.74) is -1.55. The predicted molar refractivity (Wildman–Crippen MR) is 66.1 cm³/mol. The van der Waals surface area contributed by atoms with E-state index in [1.807, 2.05) is 20.8 Å². The molecule has 0 radical (unpaired) electrons. The average molecular weight is 231 g/mol. The molecule has 0 aromatic carbocycles. The van der Waals surface area contributed by atoms with Crippen molar-refractivity contribution in [2.45, 2.75) is 72.5 Å². The molecule has 0 heterocycles. The normalized spacial score (nSPS) is 19.2. The molecule has 1 atom stereocenters. The van der Waals surface area contributed by atoms with Crippen molar-refractivity contribution in [3.05, 3.63) is 0 Å². The largest absolute Gasteiger partial charge is 0.350 e. The molecule has 2 nitrogen and oxygen atoms in total. The Morgan fingerprint density at radius 2 is 1.81 bits per heavy atom. The molecule has 1 saturated carbocycles. The Labute approximate surface area is 99.0 Å². The van der Waals surface area contributed by atoms with Gasteiger partial charge in [0.2, 0.25) is 0 Å². The van der Waals surface area contributed by atoms with Crippen molar-refractivity contribution in [3.63, 3.8) is 0 Å². The third-order valence-electron chi connectivity index (χ3n) is 2.85. The molecule has 1 fully saturated rings. The van der Waals surface area contributed by atoms with Gasteiger partial charge < -0.3 is 5.32 Å². The fourth-order valence-electron chi connectivity index (χ4n) is 1.56. The molecule has 0 aromatic heterocycles. The van der Waals surface area contributed by atoms with Crippen LogP contribution in [0.3, 0.4) is 0 Å². The van der Waals surface area contributed by atoms with E-state index in [4.69, 9.17) is 0 Å². The van der Waals surface area contributed by atoms with Crippen LogP contribution in [-0.4, -0.2) is 17.6 Å². The number of carbonyl (C=O) groups is 1. The molecule has 3 heteroatoms. The first-order valence-electron chi connectivity index (χ1n) is 6.29. The van der Waals surface area contributed by atoms with E-state index in [9.17, 15) is 9.18 Å². The Hall–Kier alpha value is -0.600. The van der Waals surface area contributed by atoms with Crippen molar-refractivity contribution >= 4 is 5.91 Å². The lowest BCUT2D eigenvalue weighted by molar-refractivity contribution is -0.129. The molecule has 1 rings (SSSR count). The Kier molecular flexibility index (Phi) is 5.43. The fraction of sp³-hybridized carbons (Fsp3) is 0.923. The van der Waals surface area contributed by atoms with Gasteiger partial charge in [0.15, 0.2) is 5.67 Å². The molecular formula is C13H26FNO. The van der Waals surface area contributed by atoms with Crippen molar-refractivity contribution < 1.29 is 9.18 Å². The van der Waals surface area contributed by atoms with Crippen molar-refractivity contribution in [1.29, 1.82) is 0 Å². The van der Waals surface area contributed by atoms with Gasteiger partial charge in [-0.3, -0.25) is 4.79 Å². The van der Waals surface area contributed by atoms with Crippen molar-refractivity contribution in [3.8, 4) is 0 Å². The predicted octanol–water partition coefficient (Wildman–Crippen LogP) is 3.46. The maximum Gasteiger partial charge on any atom is 0.257 e. The van der Waals surface area contributed by atoms with Gasteiger partial charge in [-0.25, -0.2) is 4.39 Å². The summed E-state index contributed by atoms with van der Waals surface area (Å²) < 4.78 is 13.4. The second-order valence-electron chi connectivity index (χ2n) is 5.27. The maximum atomic E-state index is 13.4. The number of rotatable bonds is 3. The van der Waals surface area contributed by atoms with Crippen LogP contribution < -0.4 is 5.32 Å². The number of carbonyl (C=O) groups excluding carboxylic acids is 1. The minimum atomic E-state index is -1.54. The van der Waals surface area contributed by atoms with E-state index in [0.717, 1.165) is 6.42 Å². The Morgan fingerprint density at radius 1 is 1.38 bits per heavy atom. The van der Waals surface area contributed by atoms with Crippen LogP contribution in [0.5, 0.6) is 0 Å². The van der Waals surface area contributed by atoms with Gasteiger partial charge in [-0.05, 0) is 24.7 Å². The number of nitrogens with one attached hydrogen (secondary N) is 1. The standard InChI is InChI=1S/C11H20FNO.C2H6/c1-5-8(10(2,3)4)13-9(14)11(12)6-7-11;1-2/h8H,5-7H2,1-4H3,(H,13,14);1-2H3. The summed E-state index contributed by atoms with van der Waals surface area (Å²) in [7, 11) is 0. The molecule has 0 saturated heterocycles. The summed E-state index contributed by atoms with van der Waals surface area (Å²) >= 11 is 0. The van der Waals surface area contributed by atoms with Crippen LogP contribution >= 0.6 is 0 Å². The minimum absolute atomic E-state index is 0.00431. The monoisotopic (exact) mass is 231 g/mol. The topological polar surface area (TPSA) is 29.1 Å². The van der Waals surface area contributed by atoms with E-state index in [2.05, 4.69) is 26.1 Å². The Balaban J connectivity index is 0.00000106. The SMILES string of the molecule is CC.CCC(NC(=O)C1(F)CC1)C(C)(C)C. The van der Waals surface area contributed by atoms with E-state index in [1.165, 1.54) is 0 Å². The molecule has 1 aliphatic rings. The minimum Gasteiger partial charge on any atom is -0.350 e. The van der Waals surface area contributed by atoms with E-state index >= 15 is 0 Å². The maximum absolute atomic E-state index is 13.4. The highest BCUT2D eigenvalue weighted by Crippen LogP contribution is 2.40. The zero-order valence-electron chi connectivity index (χ0n) is 11.5. The van der Waals surface area contributed by atoms with Gasteiger partial charge in [-0.2, -0.15) is 0 Å². The highest BCUT2D eigenvalue weighted by Gasteiger charge is 2.51. The second-order valence-corrected chi connectivity index (χ2v) is 5.27. The van der Waals surface area contributed by atoms with Gasteiger partial charge >= 0.3 is 0 Å². The van der Waals surface area contributed by atoms with Gasteiger partial charge in [-0.1, -0.05) is 41.5 Å². The van der Waals surface area contributed by atoms with Crippen LogP contribution in [0.1, 0.15) is 60.8 Å². The summed E-state index contributed by atoms with van der Waals surface area (Å²) in [5.74, 6) is -0.417. The molecule has 1 amide bonds. The molecule has 0 spiro atoms. The number of hydrogen-bond donors (Lipinski definition) is 1. The number of amides is 1. The van der Waals surface area contributed by atoms with E-state index in [1.54, 1.807) is 0 Å². The lowest BCUT2D eigenvalue weighted by Gasteiger charge is -2.31. The molecule has 96 valence electrons. The quantitative estimate of drug-likeness (QED) is 0.792. The van der Waals surface area contributed by atoms with Crippen LogP contribution in [0.25, 0.3) is 0 Å². The molecule has 1 unspecified atom stereocenters. The van der Waals surface area contributed by atoms with Crippen LogP contribution in [0.15, 0.2) is 0 Å². The molecule has 0 aliphatic heterocycles. The van der Waals surface area contributed by atoms with Crippen LogP contribution in [0, 0.1) is 5.41 Å². The van der Waals surface area contributed by atoms with Gasteiger partial charge in [0.1, 0.15) is 0 Å². The Bertz CT molecular complexity index is 229. The number of hydrogen-bond acceptors (Lipinski definition) is 1. The molecule has 0 aromatic rings. The highest BCUT2D eigenvalue weighted by molar-refractivity contribution is 5.88. The van der Waals surface area contributed by atoms with Crippen LogP contribution in [-0.2, 0) is 4.79 Å². The van der Waals surface area contributed by atoms with Crippen molar-refractivity contribution in [2.75, 3.05) is 0 Å². The average Bonchev–Trinajstić information content (AvgIpc) is 2.95. The first-order valence-corrected chi connectivity index (χ1v) is 6.29. The van der Waals surface area contributed by atoms with E-state index < -0.39 is 11.6 Å². The summed E-state index contributed by atoms with van der Waals surface area (Å²) in [6, 6.07) is 0.0585. The lowest BCUT2D eigenvalue weighted by Crippen LogP contribution is -2.47. The third kappa shape index (κ3) is 4.11. The van der Waals surface area contributed by atoms with E-state index in [0.29, 0.717) is 12.8 Å². The van der Waals surface area contributed by atoms with Gasteiger partial charge in [0.25, 0.3) is 5.91 Å². The molecule has 1 aliphatic carbocycles. The van der Waals surface area contributed by atoms with Gasteiger partial charge in [0.05, 0.1) is 0 Å². The smallest absolute Gasteiger partial charge is 0.257 e. The summed E-state index contributed by atoms with van der Waals surface area (Å²) in [6.45, 7) is 12.2. The molecule has 1 N–H and O–H groups in total. The molecule has 0 bridgehead atoms. The van der Waals surface area contributed by atoms with Gasteiger partial charge in [0, 0.05) is 6.04 Å². The van der Waals surface area contributed by atoms with Crippen LogP contribution in [0.2, 0.25) is 0 Å². The second kappa shape index (κ2) is 5.65. The summed E-state index contributed by atoms with van der Waals surface area (Å²) in [4.78, 5) is 11.5. The first kappa shape index (κ1) is 15.4. The third-order valence-corrected chi connectivity index (χ3v) is 2.85. The number of halogens is 1. The number of alkyl halides is 1. The van der Waals surface area contributed by atoms with Gasteiger partial charge in [-0.15, -0.1) is 0 Å². The van der Waals surface area contributed by atoms with Crippen molar-refractivity contribution in [1.82, 2.24) is 5.32 Å². The molecule has 16 heavy (non-hydrogen) atoms. The highest BCUT2D eigenvalue weighted by atomic mass is 19.1. The molecular weight excluding hydrogens is 205 g/mol. The summed E-state index contributed by atoms with van der Waals surface area (Å²) in [6.07, 6.45) is 1.62. The lowest BCUT2D eigenvalue weighted by atomic mass is 9.85. The van der Waals surface area contributed by atoms with Crippen molar-refractivity contribution in [2.24, 2.45) is 5.41 Å². The van der Waals surface area contributed by atoms with E-state index in [-0.39, 0.29) is 11.5 Å². The summed E-state index contributed by atoms with van der Waals surface area (Å²) in [5, 5.41) is 2.80. The Morgan fingerprint density at radius 3 is 2.06 bits per heavy atom. The first-order chi connectivity index (χ1) is 7.29. The van der Waals surface area contributed by atoms with Crippen LogP contribution in [0.4, 0.5) is 4.39 Å². The zero-order chi connectivity index (χ0) is 13.0. The zero-order valence-corrected chi connectivity index (χ0v) is 11.5.